The zero-order valence-corrected chi connectivity index (χ0v) is 9.86. The molecule has 0 bridgehead atoms. The van der Waals surface area contributed by atoms with Crippen molar-refractivity contribution in [1.29, 1.82) is 0 Å². The average molecular weight is 247 g/mol. The number of hydrogen-bond acceptors (Lipinski definition) is 3. The Balaban J connectivity index is 1.99. The third-order valence-electron chi connectivity index (χ3n) is 3.65. The van der Waals surface area contributed by atoms with Crippen molar-refractivity contribution >= 4 is 16.8 Å². The molecule has 3 rings (SSSR count). The average Bonchev–Trinajstić information content (AvgIpc) is 2.95. The Morgan fingerprint density at radius 1 is 1.39 bits per heavy atom. The van der Waals surface area contributed by atoms with E-state index in [1.165, 1.54) is 6.07 Å². The second-order valence-electron chi connectivity index (χ2n) is 4.83. The highest BCUT2D eigenvalue weighted by Crippen LogP contribution is 2.30. The first-order valence-electron chi connectivity index (χ1n) is 6.14. The molecule has 1 aromatic heterocycles. The molecule has 3 nitrogen and oxygen atoms in total. The van der Waals surface area contributed by atoms with Gasteiger partial charge in [0.05, 0.1) is 0 Å². The maximum absolute atomic E-state index is 13.5. The third kappa shape index (κ3) is 1.73. The highest BCUT2D eigenvalue weighted by molar-refractivity contribution is 5.99. The van der Waals surface area contributed by atoms with Crippen LogP contribution in [0.5, 0.6) is 0 Å². The highest BCUT2D eigenvalue weighted by atomic mass is 19.1. The summed E-state index contributed by atoms with van der Waals surface area (Å²) in [6, 6.07) is 6.15. The van der Waals surface area contributed by atoms with Gasteiger partial charge in [-0.05, 0) is 25.0 Å². The second kappa shape index (κ2) is 4.21. The standard InChI is InChI=1S/C14H14FNO2/c15-10-5-1-3-8-7-12(18-14(8)10)13(17)9-4-2-6-11(9)16/h1,3,5,7,9,11H,2,4,6,16H2. The van der Waals surface area contributed by atoms with Crippen LogP contribution in [0.2, 0.25) is 0 Å². The van der Waals surface area contributed by atoms with E-state index in [0.717, 1.165) is 19.3 Å². The second-order valence-corrected chi connectivity index (χ2v) is 4.83. The van der Waals surface area contributed by atoms with Crippen LogP contribution in [0, 0.1) is 11.7 Å². The largest absolute Gasteiger partial charge is 0.450 e. The van der Waals surface area contributed by atoms with Crippen LogP contribution in [0.25, 0.3) is 11.0 Å². The zero-order chi connectivity index (χ0) is 12.7. The Morgan fingerprint density at radius 2 is 2.22 bits per heavy atom. The number of hydrogen-bond donors (Lipinski definition) is 1. The summed E-state index contributed by atoms with van der Waals surface area (Å²) < 4.78 is 18.8. The normalized spacial score (nSPS) is 23.7. The maximum atomic E-state index is 13.5. The topological polar surface area (TPSA) is 56.2 Å². The third-order valence-corrected chi connectivity index (χ3v) is 3.65. The van der Waals surface area contributed by atoms with Gasteiger partial charge in [-0.25, -0.2) is 4.39 Å². The molecule has 1 heterocycles. The van der Waals surface area contributed by atoms with Crippen molar-refractivity contribution < 1.29 is 13.6 Å². The molecule has 1 aliphatic carbocycles. The number of rotatable bonds is 2. The molecule has 18 heavy (non-hydrogen) atoms. The summed E-state index contributed by atoms with van der Waals surface area (Å²) in [6.45, 7) is 0. The number of para-hydroxylation sites is 1. The van der Waals surface area contributed by atoms with Crippen LogP contribution in [0.3, 0.4) is 0 Å². The summed E-state index contributed by atoms with van der Waals surface area (Å²) in [5.74, 6) is -0.510. The fourth-order valence-electron chi connectivity index (χ4n) is 2.65. The minimum absolute atomic E-state index is 0.101. The van der Waals surface area contributed by atoms with Crippen LogP contribution in [-0.4, -0.2) is 11.8 Å². The molecule has 2 unspecified atom stereocenters. The quantitative estimate of drug-likeness (QED) is 0.830. The molecule has 0 aliphatic heterocycles. The molecule has 1 fully saturated rings. The molecule has 2 atom stereocenters. The van der Waals surface area contributed by atoms with E-state index in [9.17, 15) is 9.18 Å². The van der Waals surface area contributed by atoms with Crippen LogP contribution in [0.1, 0.15) is 29.8 Å². The lowest BCUT2D eigenvalue weighted by Crippen LogP contribution is -2.30. The molecule has 1 aromatic carbocycles. The molecule has 0 saturated heterocycles. The molecule has 94 valence electrons. The molecule has 0 amide bonds. The van der Waals surface area contributed by atoms with Crippen molar-refractivity contribution in [3.05, 3.63) is 35.8 Å². The summed E-state index contributed by atoms with van der Waals surface area (Å²) in [5.41, 5.74) is 6.05. The monoisotopic (exact) mass is 247 g/mol. The lowest BCUT2D eigenvalue weighted by molar-refractivity contribution is 0.0887. The van der Waals surface area contributed by atoms with E-state index in [-0.39, 0.29) is 29.1 Å². The first-order chi connectivity index (χ1) is 8.66. The Kier molecular flexibility index (Phi) is 2.67. The van der Waals surface area contributed by atoms with E-state index in [0.29, 0.717) is 5.39 Å². The van der Waals surface area contributed by atoms with Gasteiger partial charge in [-0.3, -0.25) is 4.79 Å². The number of halogens is 1. The van der Waals surface area contributed by atoms with Crippen LogP contribution in [-0.2, 0) is 0 Å². The predicted octanol–water partition coefficient (Wildman–Crippen LogP) is 2.88. The summed E-state index contributed by atoms with van der Waals surface area (Å²) in [7, 11) is 0. The maximum Gasteiger partial charge on any atom is 0.202 e. The van der Waals surface area contributed by atoms with Crippen molar-refractivity contribution in [3.8, 4) is 0 Å². The Bertz CT molecular complexity index is 605. The van der Waals surface area contributed by atoms with Crippen LogP contribution in [0.15, 0.2) is 28.7 Å². The molecule has 2 aromatic rings. The van der Waals surface area contributed by atoms with Crippen molar-refractivity contribution in [2.75, 3.05) is 0 Å². The number of carbonyl (C=O) groups is 1. The molecule has 4 heteroatoms. The molecule has 0 radical (unpaired) electrons. The molecule has 2 N–H and O–H groups in total. The fraction of sp³-hybridized carbons (Fsp3) is 0.357. The lowest BCUT2D eigenvalue weighted by atomic mass is 9.97. The van der Waals surface area contributed by atoms with Gasteiger partial charge in [0.15, 0.2) is 17.2 Å². The van der Waals surface area contributed by atoms with Crippen molar-refractivity contribution in [3.63, 3.8) is 0 Å². The van der Waals surface area contributed by atoms with Gasteiger partial charge in [0.25, 0.3) is 0 Å². The first-order valence-corrected chi connectivity index (χ1v) is 6.14. The number of Topliss-reactive ketones (excluding diaryl/α,β-unsaturated/α-hetero) is 1. The van der Waals surface area contributed by atoms with Crippen molar-refractivity contribution in [1.82, 2.24) is 0 Å². The molecular weight excluding hydrogens is 233 g/mol. The minimum Gasteiger partial charge on any atom is -0.450 e. The van der Waals surface area contributed by atoms with Gasteiger partial charge in [-0.2, -0.15) is 0 Å². The van der Waals surface area contributed by atoms with Gasteiger partial charge >= 0.3 is 0 Å². The fourth-order valence-corrected chi connectivity index (χ4v) is 2.65. The van der Waals surface area contributed by atoms with Gasteiger partial charge in [0.2, 0.25) is 5.78 Å². The SMILES string of the molecule is NC1CCCC1C(=O)c1cc2cccc(F)c2o1. The van der Waals surface area contributed by atoms with Crippen LogP contribution < -0.4 is 5.73 Å². The van der Waals surface area contributed by atoms with Gasteiger partial charge in [-0.15, -0.1) is 0 Å². The molecule has 1 saturated carbocycles. The minimum atomic E-state index is -0.442. The zero-order valence-electron chi connectivity index (χ0n) is 9.86. The summed E-state index contributed by atoms with van der Waals surface area (Å²) >= 11 is 0. The van der Waals surface area contributed by atoms with E-state index < -0.39 is 5.82 Å². The van der Waals surface area contributed by atoms with Crippen LogP contribution >= 0.6 is 0 Å². The van der Waals surface area contributed by atoms with E-state index in [4.69, 9.17) is 10.2 Å². The lowest BCUT2D eigenvalue weighted by Gasteiger charge is -2.11. The van der Waals surface area contributed by atoms with Gasteiger partial charge in [0, 0.05) is 17.3 Å². The number of ketones is 1. The van der Waals surface area contributed by atoms with E-state index in [2.05, 4.69) is 0 Å². The van der Waals surface area contributed by atoms with Gasteiger partial charge < -0.3 is 10.2 Å². The molecule has 0 spiro atoms. The summed E-state index contributed by atoms with van der Waals surface area (Å²) in [4.78, 5) is 12.2. The van der Waals surface area contributed by atoms with E-state index >= 15 is 0 Å². The van der Waals surface area contributed by atoms with Gasteiger partial charge in [0.1, 0.15) is 0 Å². The highest BCUT2D eigenvalue weighted by Gasteiger charge is 2.32. The Morgan fingerprint density at radius 3 is 2.89 bits per heavy atom. The Hall–Kier alpha value is -1.68. The number of carbonyl (C=O) groups excluding carboxylic acids is 1. The van der Waals surface area contributed by atoms with Crippen LogP contribution in [0.4, 0.5) is 4.39 Å². The summed E-state index contributed by atoms with van der Waals surface area (Å²) in [5, 5.41) is 0.616. The summed E-state index contributed by atoms with van der Waals surface area (Å²) in [6.07, 6.45) is 2.62. The van der Waals surface area contributed by atoms with E-state index in [1.54, 1.807) is 18.2 Å². The number of fused-ring (bicyclic) bond motifs is 1. The number of nitrogens with two attached hydrogens (primary N) is 1. The van der Waals surface area contributed by atoms with Crippen molar-refractivity contribution in [2.24, 2.45) is 11.7 Å². The molecule has 1 aliphatic rings. The van der Waals surface area contributed by atoms with E-state index in [1.807, 2.05) is 0 Å². The number of furan rings is 1. The number of benzene rings is 1. The first kappa shape index (κ1) is 11.4. The van der Waals surface area contributed by atoms with Gasteiger partial charge in [-0.1, -0.05) is 18.6 Å². The predicted molar refractivity (Wildman–Crippen MR) is 65.8 cm³/mol. The van der Waals surface area contributed by atoms with Crippen molar-refractivity contribution in [2.45, 2.75) is 25.3 Å². The Labute approximate surface area is 104 Å². The smallest absolute Gasteiger partial charge is 0.202 e. The molecular formula is C14H14FNO2.